The van der Waals surface area contributed by atoms with E-state index in [1.807, 2.05) is 0 Å². The van der Waals surface area contributed by atoms with Crippen LogP contribution in [0.25, 0.3) is 0 Å². The highest BCUT2D eigenvalue weighted by atomic mass is 32.3. The number of alkyl halides is 3. The Hall–Kier alpha value is -2.07. The monoisotopic (exact) mass is 379 g/mol. The molecule has 0 unspecified atom stereocenters. The van der Waals surface area contributed by atoms with Gasteiger partial charge in [-0.15, -0.1) is 11.3 Å². The first-order chi connectivity index (χ1) is 11.1. The predicted molar refractivity (Wildman–Crippen MR) is 81.1 cm³/mol. The van der Waals surface area contributed by atoms with E-state index in [-0.39, 0.29) is 16.7 Å². The quantitative estimate of drug-likeness (QED) is 0.810. The molecule has 24 heavy (non-hydrogen) atoms. The van der Waals surface area contributed by atoms with Crippen molar-refractivity contribution in [1.82, 2.24) is 5.32 Å². The molecule has 0 saturated carbocycles. The van der Waals surface area contributed by atoms with Gasteiger partial charge in [-0.1, -0.05) is 12.1 Å². The number of halogens is 3. The van der Waals surface area contributed by atoms with Crippen LogP contribution in [0.1, 0.15) is 17.4 Å². The van der Waals surface area contributed by atoms with E-state index < -0.39 is 27.6 Å². The van der Waals surface area contributed by atoms with Crippen molar-refractivity contribution in [2.45, 2.75) is 23.9 Å². The number of thiophene rings is 1. The van der Waals surface area contributed by atoms with Gasteiger partial charge in [-0.05, 0) is 24.3 Å². The Balaban J connectivity index is 2.25. The molecule has 0 atom stereocenters. The summed E-state index contributed by atoms with van der Waals surface area (Å²) >= 11 is 0.805. The third-order valence-corrected chi connectivity index (χ3v) is 5.56. The molecule has 1 aromatic heterocycles. The van der Waals surface area contributed by atoms with E-state index in [9.17, 15) is 26.4 Å². The molecule has 2 rings (SSSR count). The van der Waals surface area contributed by atoms with Crippen molar-refractivity contribution >= 4 is 27.4 Å². The fourth-order valence-electron chi connectivity index (χ4n) is 1.73. The van der Waals surface area contributed by atoms with Crippen LogP contribution in [-0.4, -0.2) is 14.3 Å². The van der Waals surface area contributed by atoms with E-state index in [4.69, 9.17) is 0 Å². The molecule has 0 aliphatic rings. The first kappa shape index (κ1) is 18.3. The third-order valence-electron chi connectivity index (χ3n) is 2.79. The molecule has 10 heteroatoms. The van der Waals surface area contributed by atoms with Crippen LogP contribution >= 0.6 is 11.3 Å². The van der Waals surface area contributed by atoms with Gasteiger partial charge in [0.25, 0.3) is 0 Å². The standard InChI is InChI=1S/C14H12F3NO4S2/c1-9(19)18-8-10-6-7-13(23-10)24(20,21)22-12-5-3-2-4-11(12)14(15,16)17/h2-7H,8H2,1H3,(H,18,19). The first-order valence-corrected chi connectivity index (χ1v) is 8.76. The van der Waals surface area contributed by atoms with Gasteiger partial charge in [0.05, 0.1) is 12.1 Å². The molecule has 5 nitrogen and oxygen atoms in total. The zero-order valence-electron chi connectivity index (χ0n) is 12.3. The van der Waals surface area contributed by atoms with E-state index in [1.54, 1.807) is 0 Å². The van der Waals surface area contributed by atoms with Crippen LogP contribution in [0.2, 0.25) is 0 Å². The summed E-state index contributed by atoms with van der Waals surface area (Å²) in [7, 11) is -4.41. The number of para-hydroxylation sites is 1. The summed E-state index contributed by atoms with van der Waals surface area (Å²) in [5, 5.41) is 2.49. The van der Waals surface area contributed by atoms with Crippen LogP contribution in [0.4, 0.5) is 13.2 Å². The van der Waals surface area contributed by atoms with Gasteiger partial charge in [0.1, 0.15) is 0 Å². The smallest absolute Gasteiger partial charge is 0.378 e. The summed E-state index contributed by atoms with van der Waals surface area (Å²) in [5.74, 6) is -1.08. The predicted octanol–water partition coefficient (Wildman–Crippen LogP) is 3.17. The highest BCUT2D eigenvalue weighted by molar-refractivity contribution is 7.89. The van der Waals surface area contributed by atoms with Crippen molar-refractivity contribution in [2.75, 3.05) is 0 Å². The molecule has 0 saturated heterocycles. The molecule has 130 valence electrons. The molecule has 0 aliphatic heterocycles. The van der Waals surface area contributed by atoms with E-state index in [0.29, 0.717) is 4.88 Å². The molecule has 1 N–H and O–H groups in total. The zero-order valence-corrected chi connectivity index (χ0v) is 13.9. The van der Waals surface area contributed by atoms with Gasteiger partial charge in [-0.25, -0.2) is 0 Å². The minimum absolute atomic E-state index is 0.120. The summed E-state index contributed by atoms with van der Waals surface area (Å²) < 4.78 is 67.4. The van der Waals surface area contributed by atoms with Gasteiger partial charge in [-0.3, -0.25) is 4.79 Å². The second-order valence-corrected chi connectivity index (χ2v) is 7.60. The molecular formula is C14H12F3NO4S2. The van der Waals surface area contributed by atoms with Crippen LogP contribution < -0.4 is 9.50 Å². The lowest BCUT2D eigenvalue weighted by Gasteiger charge is -2.12. The number of nitrogens with one attached hydrogen (secondary N) is 1. The normalized spacial score (nSPS) is 12.0. The molecule has 0 radical (unpaired) electrons. The maximum absolute atomic E-state index is 12.9. The summed E-state index contributed by atoms with van der Waals surface area (Å²) in [6, 6.07) is 6.73. The van der Waals surface area contributed by atoms with Crippen molar-refractivity contribution in [3.8, 4) is 5.75 Å². The average molecular weight is 379 g/mol. The summed E-state index contributed by atoms with van der Waals surface area (Å²) in [5.41, 5.74) is -1.18. The fraction of sp³-hybridized carbons (Fsp3) is 0.214. The van der Waals surface area contributed by atoms with E-state index >= 15 is 0 Å². The Bertz CT molecular complexity index is 844. The highest BCUT2D eigenvalue weighted by Gasteiger charge is 2.35. The number of hydrogen-bond acceptors (Lipinski definition) is 5. The Kier molecular flexibility index (Phi) is 5.19. The molecule has 2 aromatic rings. The lowest BCUT2D eigenvalue weighted by molar-refractivity contribution is -0.138. The van der Waals surface area contributed by atoms with E-state index in [0.717, 1.165) is 29.5 Å². The van der Waals surface area contributed by atoms with Crippen molar-refractivity contribution in [2.24, 2.45) is 0 Å². The van der Waals surface area contributed by atoms with Gasteiger partial charge in [0.15, 0.2) is 9.96 Å². The minimum Gasteiger partial charge on any atom is -0.378 e. The maximum atomic E-state index is 12.9. The summed E-state index contributed by atoms with van der Waals surface area (Å²) in [6.45, 7) is 1.43. The van der Waals surface area contributed by atoms with Crippen LogP contribution in [0.5, 0.6) is 5.75 Å². The molecule has 1 aromatic carbocycles. The number of amides is 1. The number of benzene rings is 1. The van der Waals surface area contributed by atoms with Gasteiger partial charge in [0.2, 0.25) is 5.91 Å². The SMILES string of the molecule is CC(=O)NCc1ccc(S(=O)(=O)Oc2ccccc2C(F)(F)F)s1. The Labute approximate surface area is 140 Å². The Morgan fingerprint density at radius 3 is 2.50 bits per heavy atom. The van der Waals surface area contributed by atoms with Gasteiger partial charge in [-0.2, -0.15) is 21.6 Å². The van der Waals surface area contributed by atoms with Crippen molar-refractivity contribution < 1.29 is 30.6 Å². The molecule has 0 aliphatic carbocycles. The average Bonchev–Trinajstić information content (AvgIpc) is 2.94. The lowest BCUT2D eigenvalue weighted by Crippen LogP contribution is -2.18. The van der Waals surface area contributed by atoms with Crippen LogP contribution in [-0.2, 0) is 27.6 Å². The van der Waals surface area contributed by atoms with Crippen molar-refractivity contribution in [3.05, 3.63) is 46.8 Å². The van der Waals surface area contributed by atoms with Gasteiger partial charge in [0, 0.05) is 11.8 Å². The van der Waals surface area contributed by atoms with Crippen molar-refractivity contribution in [1.29, 1.82) is 0 Å². The number of hydrogen-bond donors (Lipinski definition) is 1. The topological polar surface area (TPSA) is 72.5 Å². The first-order valence-electron chi connectivity index (χ1n) is 6.53. The van der Waals surface area contributed by atoms with Crippen LogP contribution in [0.3, 0.4) is 0 Å². The second-order valence-electron chi connectivity index (χ2n) is 4.66. The molecule has 1 heterocycles. The van der Waals surface area contributed by atoms with E-state index in [2.05, 4.69) is 9.50 Å². The molecular weight excluding hydrogens is 367 g/mol. The molecule has 1 amide bonds. The summed E-state index contributed by atoms with van der Waals surface area (Å²) in [6.07, 6.45) is -4.74. The maximum Gasteiger partial charge on any atom is 0.420 e. The van der Waals surface area contributed by atoms with Crippen LogP contribution in [0.15, 0.2) is 40.6 Å². The number of rotatable bonds is 5. The molecule has 0 fully saturated rings. The Morgan fingerprint density at radius 1 is 1.21 bits per heavy atom. The van der Waals surface area contributed by atoms with Crippen LogP contribution in [0, 0.1) is 0 Å². The molecule has 0 spiro atoms. The minimum atomic E-state index is -4.74. The van der Waals surface area contributed by atoms with Gasteiger partial charge >= 0.3 is 16.3 Å². The highest BCUT2D eigenvalue weighted by Crippen LogP contribution is 2.37. The summed E-state index contributed by atoms with van der Waals surface area (Å²) in [4.78, 5) is 11.4. The van der Waals surface area contributed by atoms with Crippen molar-refractivity contribution in [3.63, 3.8) is 0 Å². The zero-order chi connectivity index (χ0) is 18.0. The number of carbonyl (C=O) groups excluding carboxylic acids is 1. The second kappa shape index (κ2) is 6.81. The fourth-order valence-corrected chi connectivity index (χ4v) is 3.94. The lowest BCUT2D eigenvalue weighted by atomic mass is 10.2. The molecule has 0 bridgehead atoms. The largest absolute Gasteiger partial charge is 0.420 e. The van der Waals surface area contributed by atoms with E-state index in [1.165, 1.54) is 25.1 Å². The Morgan fingerprint density at radius 2 is 1.88 bits per heavy atom. The number of carbonyl (C=O) groups is 1. The third kappa shape index (κ3) is 4.48. The van der Waals surface area contributed by atoms with Gasteiger partial charge < -0.3 is 9.50 Å².